The smallest absolute Gasteiger partial charge is 0.180 e. The minimum Gasteiger partial charge on any atom is -0.619 e. The highest BCUT2D eigenvalue weighted by Gasteiger charge is 2.18. The summed E-state index contributed by atoms with van der Waals surface area (Å²) in [4.78, 5) is 11.1. The minimum absolute atomic E-state index is 0.811. The number of hydrogen-bond acceptors (Lipinski definition) is 4. The summed E-state index contributed by atoms with van der Waals surface area (Å²) in [6.45, 7) is 4.65. The minimum atomic E-state index is 0.811. The van der Waals surface area contributed by atoms with E-state index in [2.05, 4.69) is 14.9 Å². The molecule has 0 amide bonds. The maximum absolute atomic E-state index is 11.0. The van der Waals surface area contributed by atoms with E-state index in [-0.39, 0.29) is 0 Å². The van der Waals surface area contributed by atoms with E-state index in [1.54, 1.807) is 12.4 Å². The Morgan fingerprint density at radius 1 is 1.37 bits per heavy atom. The van der Waals surface area contributed by atoms with E-state index in [1.165, 1.54) is 11.3 Å². The van der Waals surface area contributed by atoms with Gasteiger partial charge >= 0.3 is 0 Å². The van der Waals surface area contributed by atoms with Crippen molar-refractivity contribution in [1.82, 2.24) is 14.9 Å². The Hall–Kier alpha value is -2.01. The van der Waals surface area contributed by atoms with E-state index in [9.17, 15) is 5.21 Å². The van der Waals surface area contributed by atoms with Gasteiger partial charge in [-0.15, -0.1) is 0 Å². The maximum Gasteiger partial charge on any atom is 0.180 e. The summed E-state index contributed by atoms with van der Waals surface area (Å²) in [7, 11) is 0. The quantitative estimate of drug-likeness (QED) is 0.593. The van der Waals surface area contributed by atoms with Crippen molar-refractivity contribution in [3.63, 3.8) is 0 Å². The molecule has 5 nitrogen and oxygen atoms in total. The lowest BCUT2D eigenvalue weighted by atomic mass is 10.1. The molecule has 0 bridgehead atoms. The van der Waals surface area contributed by atoms with Gasteiger partial charge in [0, 0.05) is 55.6 Å². The molecule has 3 heterocycles. The van der Waals surface area contributed by atoms with Crippen LogP contribution in [-0.4, -0.2) is 21.4 Å². The highest BCUT2D eigenvalue weighted by molar-refractivity contribution is 5.21. The Bertz CT molecular complexity index is 582. The summed E-state index contributed by atoms with van der Waals surface area (Å²) in [5.41, 5.74) is 3.55. The molecule has 0 radical (unpaired) electrons. The normalized spacial score (nSPS) is 15.2. The van der Waals surface area contributed by atoms with E-state index < -0.39 is 0 Å². The molecule has 1 aliphatic rings. The predicted octanol–water partition coefficient (Wildman–Crippen LogP) is 0.977. The van der Waals surface area contributed by atoms with Gasteiger partial charge in [-0.05, 0) is 12.5 Å². The first kappa shape index (κ1) is 12.0. The zero-order chi connectivity index (χ0) is 13.2. The van der Waals surface area contributed by atoms with Crippen molar-refractivity contribution in [1.29, 1.82) is 0 Å². The van der Waals surface area contributed by atoms with Gasteiger partial charge in [0.05, 0.1) is 0 Å². The van der Waals surface area contributed by atoms with Crippen molar-refractivity contribution in [3.8, 4) is 0 Å². The van der Waals surface area contributed by atoms with Crippen LogP contribution in [0.2, 0.25) is 0 Å². The third-order valence-electron chi connectivity index (χ3n) is 3.41. The van der Waals surface area contributed by atoms with Crippen LogP contribution in [0.15, 0.2) is 30.7 Å². The Kier molecular flexibility index (Phi) is 3.13. The molecule has 2 aromatic rings. The van der Waals surface area contributed by atoms with E-state index >= 15 is 0 Å². The van der Waals surface area contributed by atoms with Gasteiger partial charge < -0.3 is 5.21 Å². The summed E-state index contributed by atoms with van der Waals surface area (Å²) in [6, 6.07) is 3.74. The van der Waals surface area contributed by atoms with Crippen LogP contribution in [0.25, 0.3) is 0 Å². The van der Waals surface area contributed by atoms with Gasteiger partial charge in [-0.2, -0.15) is 4.73 Å². The first-order chi connectivity index (χ1) is 9.20. The third-order valence-corrected chi connectivity index (χ3v) is 3.41. The second-order valence-corrected chi connectivity index (χ2v) is 4.92. The number of rotatable bonds is 2. The molecule has 98 valence electrons. The van der Waals surface area contributed by atoms with Gasteiger partial charge in [0.1, 0.15) is 5.82 Å². The fourth-order valence-electron chi connectivity index (χ4n) is 2.42. The molecular weight excluding hydrogens is 240 g/mol. The predicted molar refractivity (Wildman–Crippen MR) is 70.0 cm³/mol. The molecule has 0 unspecified atom stereocenters. The van der Waals surface area contributed by atoms with Crippen molar-refractivity contribution in [2.24, 2.45) is 0 Å². The van der Waals surface area contributed by atoms with Gasteiger partial charge in [0.15, 0.2) is 12.4 Å². The number of fused-ring (bicyclic) bond motifs is 1. The van der Waals surface area contributed by atoms with Gasteiger partial charge in [0.2, 0.25) is 0 Å². The zero-order valence-electron chi connectivity index (χ0n) is 10.9. The Morgan fingerprint density at radius 2 is 2.16 bits per heavy atom. The summed E-state index contributed by atoms with van der Waals surface area (Å²) >= 11 is 0. The molecule has 0 aromatic carbocycles. The number of aryl methyl sites for hydroxylation is 1. The SMILES string of the molecule is Cc1ncc2c(n1)CCN(Cc1cc[n+]([O-])cc1)C2. The van der Waals surface area contributed by atoms with Crippen LogP contribution in [0.1, 0.15) is 22.6 Å². The molecule has 0 N–H and O–H groups in total. The van der Waals surface area contributed by atoms with Crippen molar-refractivity contribution in [3.05, 3.63) is 58.6 Å². The number of nitrogens with zero attached hydrogens (tertiary/aromatic N) is 4. The summed E-state index contributed by atoms with van der Waals surface area (Å²) in [5, 5.41) is 11.0. The average molecular weight is 256 g/mol. The van der Waals surface area contributed by atoms with E-state index in [1.807, 2.05) is 25.3 Å². The number of pyridine rings is 1. The standard InChI is InChI=1S/C14H16N4O/c1-11-15-8-13-10-17(5-4-14(13)16-11)9-12-2-6-18(19)7-3-12/h2-3,6-8H,4-5,9-10H2,1H3. The highest BCUT2D eigenvalue weighted by atomic mass is 16.5. The molecule has 0 spiro atoms. The van der Waals surface area contributed by atoms with Crippen LogP contribution < -0.4 is 4.73 Å². The maximum atomic E-state index is 11.0. The van der Waals surface area contributed by atoms with Crippen LogP contribution in [0.5, 0.6) is 0 Å². The van der Waals surface area contributed by atoms with Gasteiger partial charge in [-0.1, -0.05) is 0 Å². The Labute approximate surface area is 112 Å². The molecule has 1 aliphatic heterocycles. The lowest BCUT2D eigenvalue weighted by Crippen LogP contribution is -2.31. The monoisotopic (exact) mass is 256 g/mol. The van der Waals surface area contributed by atoms with Crippen LogP contribution >= 0.6 is 0 Å². The molecule has 0 aliphatic carbocycles. The summed E-state index contributed by atoms with van der Waals surface area (Å²) < 4.78 is 0.811. The molecule has 0 fully saturated rings. The molecule has 3 rings (SSSR count). The van der Waals surface area contributed by atoms with Crippen molar-refractivity contribution < 1.29 is 4.73 Å². The van der Waals surface area contributed by atoms with E-state index in [0.717, 1.165) is 42.2 Å². The van der Waals surface area contributed by atoms with Crippen molar-refractivity contribution >= 4 is 0 Å². The zero-order valence-corrected chi connectivity index (χ0v) is 10.9. The molecule has 0 saturated heterocycles. The number of aromatic nitrogens is 3. The Balaban J connectivity index is 1.72. The van der Waals surface area contributed by atoms with Crippen molar-refractivity contribution in [2.45, 2.75) is 26.4 Å². The molecule has 0 saturated carbocycles. The van der Waals surface area contributed by atoms with E-state index in [0.29, 0.717) is 0 Å². The third kappa shape index (κ3) is 2.71. The van der Waals surface area contributed by atoms with Crippen LogP contribution in [-0.2, 0) is 19.5 Å². The molecule has 0 atom stereocenters. The lowest BCUT2D eigenvalue weighted by molar-refractivity contribution is -0.605. The second kappa shape index (κ2) is 4.93. The first-order valence-electron chi connectivity index (χ1n) is 6.42. The molecule has 2 aromatic heterocycles. The Morgan fingerprint density at radius 3 is 2.95 bits per heavy atom. The second-order valence-electron chi connectivity index (χ2n) is 4.92. The van der Waals surface area contributed by atoms with Crippen LogP contribution in [0.4, 0.5) is 0 Å². The average Bonchev–Trinajstić information content (AvgIpc) is 2.42. The first-order valence-corrected chi connectivity index (χ1v) is 6.42. The van der Waals surface area contributed by atoms with Crippen molar-refractivity contribution in [2.75, 3.05) is 6.54 Å². The topological polar surface area (TPSA) is 56.0 Å². The molecule has 19 heavy (non-hydrogen) atoms. The van der Waals surface area contributed by atoms with Gasteiger partial charge in [0.25, 0.3) is 0 Å². The fourth-order valence-corrected chi connectivity index (χ4v) is 2.42. The van der Waals surface area contributed by atoms with E-state index in [4.69, 9.17) is 0 Å². The largest absolute Gasteiger partial charge is 0.619 e. The summed E-state index contributed by atoms with van der Waals surface area (Å²) in [5.74, 6) is 0.843. The molecular formula is C14H16N4O. The fraction of sp³-hybridized carbons (Fsp3) is 0.357. The van der Waals surface area contributed by atoms with Gasteiger partial charge in [-0.3, -0.25) is 4.90 Å². The van der Waals surface area contributed by atoms with Crippen LogP contribution in [0.3, 0.4) is 0 Å². The highest BCUT2D eigenvalue weighted by Crippen LogP contribution is 2.18. The lowest BCUT2D eigenvalue weighted by Gasteiger charge is -2.27. The number of hydrogen-bond donors (Lipinski definition) is 0. The summed E-state index contributed by atoms with van der Waals surface area (Å²) in [6.07, 6.45) is 5.98. The van der Waals surface area contributed by atoms with Crippen LogP contribution in [0, 0.1) is 12.1 Å². The molecule has 5 heteroatoms. The van der Waals surface area contributed by atoms with Gasteiger partial charge in [-0.25, -0.2) is 9.97 Å².